The summed E-state index contributed by atoms with van der Waals surface area (Å²) in [6.07, 6.45) is 0. The predicted octanol–water partition coefficient (Wildman–Crippen LogP) is 13.6. The predicted molar refractivity (Wildman–Crippen MR) is 234 cm³/mol. The van der Waals surface area contributed by atoms with Crippen LogP contribution in [-0.4, -0.2) is 19.1 Å². The maximum absolute atomic E-state index is 6.53. The van der Waals surface area contributed by atoms with E-state index in [1.165, 1.54) is 10.8 Å². The average Bonchev–Trinajstić information content (AvgIpc) is 3.94. The molecule has 0 aliphatic carbocycles. The largest absolute Gasteiger partial charge is 0.454 e. The molecule has 0 saturated carbocycles. The molecule has 0 radical (unpaired) electrons. The second kappa shape index (κ2) is 12.4. The fourth-order valence-corrected chi connectivity index (χ4v) is 8.74. The van der Waals surface area contributed by atoms with Gasteiger partial charge in [-0.2, -0.15) is 0 Å². The van der Waals surface area contributed by atoms with Gasteiger partial charge in [0, 0.05) is 43.4 Å². The van der Waals surface area contributed by atoms with Gasteiger partial charge < -0.3 is 8.98 Å². The Kier molecular flexibility index (Phi) is 6.86. The second-order valence-electron chi connectivity index (χ2n) is 14.6. The first kappa shape index (κ1) is 31.6. The van der Waals surface area contributed by atoms with Crippen molar-refractivity contribution in [1.82, 2.24) is 19.1 Å². The summed E-state index contributed by atoms with van der Waals surface area (Å²) in [7, 11) is 0. The normalized spacial score (nSPS) is 11.9. The first-order chi connectivity index (χ1) is 28.3. The monoisotopic (exact) mass is 728 g/mol. The molecule has 5 heteroatoms. The lowest BCUT2D eigenvalue weighted by molar-refractivity contribution is 0.666. The van der Waals surface area contributed by atoms with E-state index in [1.807, 2.05) is 24.3 Å². The zero-order chi connectivity index (χ0) is 37.5. The minimum Gasteiger partial charge on any atom is -0.454 e. The molecular formula is C52H32N4O. The minimum atomic E-state index is 0.642. The van der Waals surface area contributed by atoms with Crippen LogP contribution in [0.5, 0.6) is 0 Å². The summed E-state index contributed by atoms with van der Waals surface area (Å²) >= 11 is 0. The van der Waals surface area contributed by atoms with Gasteiger partial charge in [0.2, 0.25) is 5.95 Å². The molecule has 0 bridgehead atoms. The summed E-state index contributed by atoms with van der Waals surface area (Å²) in [5.74, 6) is 0.642. The van der Waals surface area contributed by atoms with Gasteiger partial charge in [0.1, 0.15) is 5.58 Å². The van der Waals surface area contributed by atoms with Gasteiger partial charge in [-0.1, -0.05) is 140 Å². The molecule has 0 aliphatic heterocycles. The fraction of sp³-hybridized carbons (Fsp3) is 0. The van der Waals surface area contributed by atoms with Crippen molar-refractivity contribution in [2.24, 2.45) is 0 Å². The van der Waals surface area contributed by atoms with Gasteiger partial charge >= 0.3 is 0 Å². The van der Waals surface area contributed by atoms with E-state index >= 15 is 0 Å². The Morgan fingerprint density at radius 2 is 0.825 bits per heavy atom. The molecule has 4 heterocycles. The van der Waals surface area contributed by atoms with Crippen LogP contribution in [0.15, 0.2) is 199 Å². The number of para-hydroxylation sites is 4. The third kappa shape index (κ3) is 4.89. The quantitative estimate of drug-likeness (QED) is 0.177. The molecule has 12 rings (SSSR count). The van der Waals surface area contributed by atoms with E-state index in [9.17, 15) is 0 Å². The van der Waals surface area contributed by atoms with Crippen LogP contribution in [0.2, 0.25) is 0 Å². The first-order valence-corrected chi connectivity index (χ1v) is 19.2. The van der Waals surface area contributed by atoms with E-state index in [2.05, 4.69) is 179 Å². The second-order valence-corrected chi connectivity index (χ2v) is 14.6. The van der Waals surface area contributed by atoms with Crippen molar-refractivity contribution in [2.75, 3.05) is 0 Å². The van der Waals surface area contributed by atoms with Gasteiger partial charge in [0.25, 0.3) is 0 Å². The van der Waals surface area contributed by atoms with E-state index in [1.54, 1.807) is 0 Å². The molecular weight excluding hydrogens is 697 g/mol. The summed E-state index contributed by atoms with van der Waals surface area (Å²) < 4.78 is 11.1. The number of furan rings is 1. The van der Waals surface area contributed by atoms with E-state index in [4.69, 9.17) is 14.4 Å². The number of rotatable bonds is 5. The molecule has 0 N–H and O–H groups in total. The molecule has 57 heavy (non-hydrogen) atoms. The van der Waals surface area contributed by atoms with Crippen molar-refractivity contribution in [3.63, 3.8) is 0 Å². The lowest BCUT2D eigenvalue weighted by Crippen LogP contribution is -2.03. The highest BCUT2D eigenvalue weighted by Gasteiger charge is 2.20. The lowest BCUT2D eigenvalue weighted by Gasteiger charge is -2.12. The molecule has 0 fully saturated rings. The van der Waals surface area contributed by atoms with Crippen LogP contribution < -0.4 is 0 Å². The summed E-state index contributed by atoms with van der Waals surface area (Å²) in [5.41, 5.74) is 13.4. The van der Waals surface area contributed by atoms with Crippen LogP contribution in [0, 0.1) is 0 Å². The molecule has 0 amide bonds. The van der Waals surface area contributed by atoms with Crippen molar-refractivity contribution in [3.8, 4) is 45.3 Å². The lowest BCUT2D eigenvalue weighted by atomic mass is 10.0. The molecule has 4 aromatic heterocycles. The average molecular weight is 729 g/mol. The fourth-order valence-electron chi connectivity index (χ4n) is 8.74. The summed E-state index contributed by atoms with van der Waals surface area (Å²) in [6, 6.07) is 68.4. The maximum Gasteiger partial charge on any atom is 0.235 e. The number of aromatic nitrogens is 4. The summed E-state index contributed by atoms with van der Waals surface area (Å²) in [4.78, 5) is 10.4. The Bertz CT molecular complexity index is 3460. The van der Waals surface area contributed by atoms with E-state index < -0.39 is 0 Å². The van der Waals surface area contributed by atoms with Crippen molar-refractivity contribution < 1.29 is 4.42 Å². The minimum absolute atomic E-state index is 0.642. The first-order valence-electron chi connectivity index (χ1n) is 19.2. The molecule has 0 aliphatic rings. The number of fused-ring (bicyclic) bond motifs is 9. The van der Waals surface area contributed by atoms with E-state index in [0.29, 0.717) is 5.95 Å². The molecule has 0 saturated heterocycles. The van der Waals surface area contributed by atoms with Crippen LogP contribution in [0.1, 0.15) is 0 Å². The third-order valence-electron chi connectivity index (χ3n) is 11.4. The Balaban J connectivity index is 1.04. The van der Waals surface area contributed by atoms with Gasteiger partial charge in [-0.3, -0.25) is 4.57 Å². The van der Waals surface area contributed by atoms with Gasteiger partial charge in [-0.15, -0.1) is 0 Å². The zero-order valence-electron chi connectivity index (χ0n) is 30.7. The highest BCUT2D eigenvalue weighted by Crippen LogP contribution is 2.41. The van der Waals surface area contributed by atoms with Crippen LogP contribution in [0.25, 0.3) is 111 Å². The Morgan fingerprint density at radius 3 is 1.46 bits per heavy atom. The number of nitrogens with zero attached hydrogens (tertiary/aromatic N) is 4. The van der Waals surface area contributed by atoms with Crippen molar-refractivity contribution in [3.05, 3.63) is 194 Å². The maximum atomic E-state index is 6.53. The van der Waals surface area contributed by atoms with Crippen molar-refractivity contribution >= 4 is 65.6 Å². The Hall–Kier alpha value is -7.76. The van der Waals surface area contributed by atoms with Crippen LogP contribution >= 0.6 is 0 Å². The summed E-state index contributed by atoms with van der Waals surface area (Å²) in [6.45, 7) is 0. The molecule has 0 atom stereocenters. The van der Waals surface area contributed by atoms with E-state index in [-0.39, 0.29) is 0 Å². The van der Waals surface area contributed by atoms with Gasteiger partial charge in [-0.05, 0) is 65.7 Å². The highest BCUT2D eigenvalue weighted by atomic mass is 16.3. The zero-order valence-corrected chi connectivity index (χ0v) is 30.7. The van der Waals surface area contributed by atoms with Gasteiger partial charge in [0.15, 0.2) is 5.58 Å². The number of hydrogen-bond donors (Lipinski definition) is 0. The third-order valence-corrected chi connectivity index (χ3v) is 11.4. The van der Waals surface area contributed by atoms with Crippen LogP contribution in [0.3, 0.4) is 0 Å². The standard InChI is InChI=1S/C52H32N4O/c1-3-14-33(15-4-1)43-32-44(34-16-5-2-6-17-34)54-52(53-43)56-46-23-11-8-19-38(46)42-31-36(27-29-48(42)56)35-26-28-47-41(30-35)37-18-7-10-22-45(37)55(47)49-24-13-21-40-39-20-9-12-25-50(39)57-51(40)49/h1-32H. The molecule has 5 nitrogen and oxygen atoms in total. The van der Waals surface area contributed by atoms with Crippen LogP contribution in [0.4, 0.5) is 0 Å². The van der Waals surface area contributed by atoms with Crippen molar-refractivity contribution in [2.45, 2.75) is 0 Å². The van der Waals surface area contributed by atoms with Crippen LogP contribution in [-0.2, 0) is 0 Å². The molecule has 12 aromatic rings. The molecule has 0 spiro atoms. The molecule has 8 aromatic carbocycles. The van der Waals surface area contributed by atoms with E-state index in [0.717, 1.165) is 94.1 Å². The van der Waals surface area contributed by atoms with Crippen molar-refractivity contribution in [1.29, 1.82) is 0 Å². The Labute approximate surface area is 327 Å². The SMILES string of the molecule is c1ccc(-c2cc(-c3ccccc3)nc(-n3c4ccccc4c4cc(-c5ccc6c(c5)c5ccccc5n6-c5cccc6c5oc5ccccc56)ccc43)n2)cc1. The molecule has 0 unspecified atom stereocenters. The highest BCUT2D eigenvalue weighted by molar-refractivity contribution is 6.14. The topological polar surface area (TPSA) is 48.8 Å². The van der Waals surface area contributed by atoms with Gasteiger partial charge in [-0.25, -0.2) is 9.97 Å². The summed E-state index contributed by atoms with van der Waals surface area (Å²) in [5, 5.41) is 6.94. The number of hydrogen-bond acceptors (Lipinski definition) is 3. The van der Waals surface area contributed by atoms with Gasteiger partial charge in [0.05, 0.1) is 39.1 Å². The molecule has 266 valence electrons. The Morgan fingerprint density at radius 1 is 0.333 bits per heavy atom. The number of benzene rings is 8. The smallest absolute Gasteiger partial charge is 0.235 e.